The number of anilines is 1. The van der Waals surface area contributed by atoms with E-state index in [2.05, 4.69) is 15.1 Å². The fraction of sp³-hybridized carbons (Fsp3) is 0.417. The van der Waals surface area contributed by atoms with E-state index in [1.807, 2.05) is 25.3 Å². The summed E-state index contributed by atoms with van der Waals surface area (Å²) in [6.07, 6.45) is -3.29. The lowest BCUT2D eigenvalue weighted by Crippen LogP contribution is -2.18. The number of halogens is 3. The van der Waals surface area contributed by atoms with Crippen molar-refractivity contribution < 1.29 is 13.2 Å². The second-order valence-electron chi connectivity index (χ2n) is 4.32. The number of nitrogens with zero attached hydrogens (tertiary/aromatic N) is 4. The standard InChI is InChI=1S/C12H15F3N6/c1-3-7-5-8(4-2)21(20-7)10-6-9(12(13,14)15)17-11(18-10)19-16/h5-6H,3-4,16H2,1-2H3,(H,17,18,19). The zero-order valence-corrected chi connectivity index (χ0v) is 11.6. The Morgan fingerprint density at radius 1 is 1.19 bits per heavy atom. The Bertz CT molecular complexity index is 634. The highest BCUT2D eigenvalue weighted by Crippen LogP contribution is 2.29. The van der Waals surface area contributed by atoms with E-state index >= 15 is 0 Å². The summed E-state index contributed by atoms with van der Waals surface area (Å²) < 4.78 is 40.0. The lowest BCUT2D eigenvalue weighted by atomic mass is 10.2. The molecule has 0 spiro atoms. The lowest BCUT2D eigenvalue weighted by Gasteiger charge is -2.11. The number of aromatic nitrogens is 4. The molecule has 21 heavy (non-hydrogen) atoms. The van der Waals surface area contributed by atoms with Gasteiger partial charge < -0.3 is 0 Å². The SMILES string of the molecule is CCc1cc(CC)n(-c2cc(C(F)(F)F)nc(NN)n2)n1. The van der Waals surface area contributed by atoms with Crippen molar-refractivity contribution in [1.29, 1.82) is 0 Å². The molecule has 0 saturated carbocycles. The molecule has 0 atom stereocenters. The number of rotatable bonds is 4. The molecule has 0 bridgehead atoms. The fourth-order valence-corrected chi connectivity index (χ4v) is 1.85. The Morgan fingerprint density at radius 2 is 1.90 bits per heavy atom. The van der Waals surface area contributed by atoms with Gasteiger partial charge in [-0.3, -0.25) is 5.43 Å². The van der Waals surface area contributed by atoms with Crippen LogP contribution in [0, 0.1) is 0 Å². The van der Waals surface area contributed by atoms with E-state index in [4.69, 9.17) is 5.84 Å². The summed E-state index contributed by atoms with van der Waals surface area (Å²) in [5, 5.41) is 4.26. The summed E-state index contributed by atoms with van der Waals surface area (Å²) >= 11 is 0. The molecule has 9 heteroatoms. The number of nitrogens with two attached hydrogens (primary N) is 1. The fourth-order valence-electron chi connectivity index (χ4n) is 1.85. The molecule has 6 nitrogen and oxygen atoms in total. The van der Waals surface area contributed by atoms with Crippen LogP contribution in [0.2, 0.25) is 0 Å². The van der Waals surface area contributed by atoms with Crippen molar-refractivity contribution in [2.75, 3.05) is 5.43 Å². The van der Waals surface area contributed by atoms with Crippen LogP contribution in [-0.2, 0) is 19.0 Å². The highest BCUT2D eigenvalue weighted by Gasteiger charge is 2.34. The van der Waals surface area contributed by atoms with Crippen LogP contribution in [0.4, 0.5) is 19.1 Å². The third-order valence-electron chi connectivity index (χ3n) is 2.91. The van der Waals surface area contributed by atoms with Gasteiger partial charge in [-0.05, 0) is 18.9 Å². The predicted molar refractivity (Wildman–Crippen MR) is 70.7 cm³/mol. The van der Waals surface area contributed by atoms with Crippen molar-refractivity contribution in [3.05, 3.63) is 29.2 Å². The highest BCUT2D eigenvalue weighted by atomic mass is 19.4. The molecule has 0 fully saturated rings. The van der Waals surface area contributed by atoms with Gasteiger partial charge in [0.05, 0.1) is 5.69 Å². The van der Waals surface area contributed by atoms with E-state index in [9.17, 15) is 13.2 Å². The van der Waals surface area contributed by atoms with Crippen LogP contribution in [0.3, 0.4) is 0 Å². The lowest BCUT2D eigenvalue weighted by molar-refractivity contribution is -0.141. The Balaban J connectivity index is 2.60. The van der Waals surface area contributed by atoms with Crippen molar-refractivity contribution in [2.45, 2.75) is 32.9 Å². The molecule has 0 aliphatic heterocycles. The Kier molecular flexibility index (Phi) is 4.12. The van der Waals surface area contributed by atoms with Crippen molar-refractivity contribution >= 4 is 5.95 Å². The summed E-state index contributed by atoms with van der Waals surface area (Å²) in [6, 6.07) is 2.69. The molecule has 2 rings (SSSR count). The van der Waals surface area contributed by atoms with E-state index in [0.29, 0.717) is 12.8 Å². The number of aryl methyl sites for hydroxylation is 2. The normalized spacial score (nSPS) is 11.7. The Morgan fingerprint density at radius 3 is 2.43 bits per heavy atom. The van der Waals surface area contributed by atoms with Gasteiger partial charge in [-0.1, -0.05) is 13.8 Å². The molecule has 2 heterocycles. The summed E-state index contributed by atoms with van der Waals surface area (Å²) in [4.78, 5) is 7.26. The number of alkyl halides is 3. The van der Waals surface area contributed by atoms with Crippen molar-refractivity contribution in [1.82, 2.24) is 19.7 Å². The van der Waals surface area contributed by atoms with Gasteiger partial charge in [0.15, 0.2) is 11.5 Å². The first-order valence-corrected chi connectivity index (χ1v) is 6.40. The first-order valence-electron chi connectivity index (χ1n) is 6.40. The molecule has 0 unspecified atom stereocenters. The second-order valence-corrected chi connectivity index (χ2v) is 4.32. The topological polar surface area (TPSA) is 81.7 Å². The molecule has 0 aliphatic carbocycles. The Labute approximate surface area is 119 Å². The number of hydrogen-bond acceptors (Lipinski definition) is 5. The van der Waals surface area contributed by atoms with Gasteiger partial charge in [-0.2, -0.15) is 23.3 Å². The molecule has 2 aromatic rings. The van der Waals surface area contributed by atoms with Crippen LogP contribution < -0.4 is 11.3 Å². The van der Waals surface area contributed by atoms with Gasteiger partial charge in [0.2, 0.25) is 5.95 Å². The summed E-state index contributed by atoms with van der Waals surface area (Å²) in [5.74, 6) is 4.86. The van der Waals surface area contributed by atoms with E-state index < -0.39 is 11.9 Å². The molecule has 2 aromatic heterocycles. The van der Waals surface area contributed by atoms with Crippen molar-refractivity contribution in [3.8, 4) is 5.82 Å². The molecule has 0 aliphatic rings. The van der Waals surface area contributed by atoms with Gasteiger partial charge in [0.25, 0.3) is 0 Å². The minimum Gasteiger partial charge on any atom is -0.292 e. The van der Waals surface area contributed by atoms with E-state index in [0.717, 1.165) is 17.5 Å². The predicted octanol–water partition coefficient (Wildman–Crippen LogP) is 2.09. The average Bonchev–Trinajstić information content (AvgIpc) is 2.89. The first-order chi connectivity index (χ1) is 9.88. The summed E-state index contributed by atoms with van der Waals surface area (Å²) in [7, 11) is 0. The Hall–Kier alpha value is -2.16. The highest BCUT2D eigenvalue weighted by molar-refractivity contribution is 5.36. The van der Waals surface area contributed by atoms with Gasteiger partial charge in [0, 0.05) is 11.8 Å². The maximum atomic E-state index is 12.9. The zero-order valence-electron chi connectivity index (χ0n) is 11.6. The van der Waals surface area contributed by atoms with E-state index in [1.165, 1.54) is 4.68 Å². The van der Waals surface area contributed by atoms with E-state index in [-0.39, 0.29) is 11.8 Å². The third kappa shape index (κ3) is 3.13. The zero-order chi connectivity index (χ0) is 15.6. The minimum absolute atomic E-state index is 0.0295. The van der Waals surface area contributed by atoms with Crippen LogP contribution in [0.15, 0.2) is 12.1 Å². The van der Waals surface area contributed by atoms with Crippen LogP contribution in [0.1, 0.15) is 30.9 Å². The molecular formula is C12H15F3N6. The number of nitrogen functional groups attached to an aromatic ring is 1. The minimum atomic E-state index is -4.59. The van der Waals surface area contributed by atoms with Crippen LogP contribution in [-0.4, -0.2) is 19.7 Å². The van der Waals surface area contributed by atoms with Gasteiger partial charge >= 0.3 is 6.18 Å². The monoisotopic (exact) mass is 300 g/mol. The first kappa shape index (κ1) is 15.2. The van der Waals surface area contributed by atoms with Crippen LogP contribution >= 0.6 is 0 Å². The number of hydrogen-bond donors (Lipinski definition) is 2. The largest absolute Gasteiger partial charge is 0.433 e. The van der Waals surface area contributed by atoms with Crippen molar-refractivity contribution in [3.63, 3.8) is 0 Å². The maximum absolute atomic E-state index is 12.9. The van der Waals surface area contributed by atoms with Gasteiger partial charge in [-0.15, -0.1) is 0 Å². The molecule has 3 N–H and O–H groups in total. The third-order valence-corrected chi connectivity index (χ3v) is 2.91. The van der Waals surface area contributed by atoms with Crippen LogP contribution in [0.5, 0.6) is 0 Å². The van der Waals surface area contributed by atoms with Gasteiger partial charge in [-0.25, -0.2) is 15.5 Å². The average molecular weight is 300 g/mol. The molecule has 0 aromatic carbocycles. The molecule has 0 radical (unpaired) electrons. The maximum Gasteiger partial charge on any atom is 0.433 e. The summed E-state index contributed by atoms with van der Waals surface area (Å²) in [5.41, 5.74) is 2.52. The smallest absolute Gasteiger partial charge is 0.292 e. The molecule has 0 amide bonds. The summed E-state index contributed by atoms with van der Waals surface area (Å²) in [6.45, 7) is 3.81. The van der Waals surface area contributed by atoms with Gasteiger partial charge in [0.1, 0.15) is 0 Å². The number of nitrogens with one attached hydrogen (secondary N) is 1. The molecule has 114 valence electrons. The number of hydrazine groups is 1. The van der Waals surface area contributed by atoms with E-state index in [1.54, 1.807) is 0 Å². The molecule has 0 saturated heterocycles. The second kappa shape index (κ2) is 5.68. The molecular weight excluding hydrogens is 285 g/mol. The van der Waals surface area contributed by atoms with Crippen molar-refractivity contribution in [2.24, 2.45) is 5.84 Å². The quantitative estimate of drug-likeness (QED) is 0.667. The van der Waals surface area contributed by atoms with Crippen LogP contribution in [0.25, 0.3) is 5.82 Å².